The number of hydrogen-bond acceptors (Lipinski definition) is 4. The number of aromatic hydroxyl groups is 1. The second-order valence-corrected chi connectivity index (χ2v) is 13.1. The number of aryl methyl sites for hydroxylation is 3. The monoisotopic (exact) mass is 504 g/mol. The molecule has 2 aliphatic heterocycles. The summed E-state index contributed by atoms with van der Waals surface area (Å²) in [6, 6.07) is 13.2. The van der Waals surface area contributed by atoms with Crippen LogP contribution >= 0.6 is 0 Å². The molecule has 1 spiro atoms. The highest BCUT2D eigenvalue weighted by Gasteiger charge is 2.73. The Balaban J connectivity index is 1.30. The number of ether oxygens (including phenoxy) is 1. The Labute approximate surface area is 221 Å². The lowest BCUT2D eigenvalue weighted by Gasteiger charge is -2.63. The van der Waals surface area contributed by atoms with Gasteiger partial charge >= 0.3 is 0 Å². The van der Waals surface area contributed by atoms with Crippen molar-refractivity contribution in [2.75, 3.05) is 13.1 Å². The summed E-state index contributed by atoms with van der Waals surface area (Å²) in [6.07, 6.45) is 6.86. The molecule has 2 bridgehead atoms. The van der Waals surface area contributed by atoms with Crippen molar-refractivity contribution in [1.82, 2.24) is 9.47 Å². The summed E-state index contributed by atoms with van der Waals surface area (Å²) in [5.41, 5.74) is 7.51. The minimum Gasteiger partial charge on any atom is -0.504 e. The molecule has 192 valence electrons. The van der Waals surface area contributed by atoms with Crippen molar-refractivity contribution in [2.24, 2.45) is 13.0 Å². The van der Waals surface area contributed by atoms with Crippen LogP contribution in [0.25, 0.3) is 21.7 Å². The molecule has 1 saturated carbocycles. The molecule has 2 fully saturated rings. The van der Waals surface area contributed by atoms with Crippen molar-refractivity contribution < 1.29 is 14.9 Å². The normalized spacial score (nSPS) is 32.1. The zero-order valence-electron chi connectivity index (χ0n) is 21.8. The zero-order valence-corrected chi connectivity index (χ0v) is 21.8. The molecule has 1 aromatic heterocycles. The summed E-state index contributed by atoms with van der Waals surface area (Å²) in [4.78, 5) is 2.62. The number of benzene rings is 3. The van der Waals surface area contributed by atoms with Crippen LogP contribution in [0.4, 0.5) is 0 Å². The molecule has 10 rings (SSSR count). The van der Waals surface area contributed by atoms with Crippen molar-refractivity contribution in [3.8, 4) is 11.5 Å². The smallest absolute Gasteiger partial charge is 0.166 e. The van der Waals surface area contributed by atoms with Gasteiger partial charge in [-0.1, -0.05) is 24.3 Å². The highest BCUT2D eigenvalue weighted by atomic mass is 16.5. The van der Waals surface area contributed by atoms with E-state index in [1.165, 1.54) is 62.5 Å². The molecule has 4 aromatic rings. The van der Waals surface area contributed by atoms with Crippen molar-refractivity contribution in [3.63, 3.8) is 0 Å². The second kappa shape index (κ2) is 6.40. The van der Waals surface area contributed by atoms with E-state index in [1.54, 1.807) is 0 Å². The number of fused-ring (bicyclic) bond motifs is 5. The lowest BCUT2D eigenvalue weighted by molar-refractivity contribution is -0.173. The van der Waals surface area contributed by atoms with Crippen LogP contribution < -0.4 is 4.74 Å². The third-order valence-electron chi connectivity index (χ3n) is 11.5. The number of aliphatic hydroxyl groups is 1. The van der Waals surface area contributed by atoms with E-state index in [9.17, 15) is 10.2 Å². The Morgan fingerprint density at radius 2 is 1.92 bits per heavy atom. The summed E-state index contributed by atoms with van der Waals surface area (Å²) in [5, 5.41) is 28.2. The van der Waals surface area contributed by atoms with Gasteiger partial charge in [0.2, 0.25) is 0 Å². The van der Waals surface area contributed by atoms with E-state index in [0.29, 0.717) is 12.2 Å². The number of nitrogens with zero attached hydrogens (tertiary/aromatic N) is 2. The highest BCUT2D eigenvalue weighted by Crippen LogP contribution is 2.69. The van der Waals surface area contributed by atoms with Gasteiger partial charge in [0.05, 0.1) is 22.2 Å². The van der Waals surface area contributed by atoms with E-state index in [2.05, 4.69) is 46.8 Å². The van der Waals surface area contributed by atoms with Crippen LogP contribution in [0.5, 0.6) is 11.5 Å². The maximum Gasteiger partial charge on any atom is 0.166 e. The fourth-order valence-corrected chi connectivity index (χ4v) is 9.81. The van der Waals surface area contributed by atoms with Gasteiger partial charge in [-0.15, -0.1) is 0 Å². The van der Waals surface area contributed by atoms with Crippen molar-refractivity contribution >= 4 is 21.7 Å². The molecule has 0 radical (unpaired) electrons. The minimum atomic E-state index is -0.935. The predicted molar refractivity (Wildman–Crippen MR) is 146 cm³/mol. The Kier molecular flexibility index (Phi) is 3.52. The molecule has 5 heteroatoms. The van der Waals surface area contributed by atoms with Crippen LogP contribution in [0.3, 0.4) is 0 Å². The number of piperidine rings is 1. The molecule has 5 nitrogen and oxygen atoms in total. The number of phenols is 1. The van der Waals surface area contributed by atoms with Crippen LogP contribution in [-0.2, 0) is 38.1 Å². The molecule has 4 atom stereocenters. The molecule has 1 saturated heterocycles. The summed E-state index contributed by atoms with van der Waals surface area (Å²) in [7, 11) is 2.20. The molecule has 0 unspecified atom stereocenters. The van der Waals surface area contributed by atoms with E-state index in [1.807, 2.05) is 6.07 Å². The van der Waals surface area contributed by atoms with E-state index < -0.39 is 11.0 Å². The van der Waals surface area contributed by atoms with Gasteiger partial charge in [-0.05, 0) is 90.8 Å². The van der Waals surface area contributed by atoms with E-state index in [4.69, 9.17) is 4.74 Å². The predicted octanol–water partition coefficient (Wildman–Crippen LogP) is 4.83. The van der Waals surface area contributed by atoms with Gasteiger partial charge in [0.25, 0.3) is 0 Å². The Bertz CT molecular complexity index is 1770. The quantitative estimate of drug-likeness (QED) is 0.410. The van der Waals surface area contributed by atoms with Crippen LogP contribution in [-0.4, -0.2) is 44.4 Å². The third kappa shape index (κ3) is 2.13. The van der Waals surface area contributed by atoms with Crippen LogP contribution in [0.2, 0.25) is 0 Å². The number of likely N-dealkylation sites (tertiary alicyclic amines) is 1. The molecular formula is C33H32N2O3. The second-order valence-electron chi connectivity index (χ2n) is 13.1. The topological polar surface area (TPSA) is 57.9 Å². The molecule has 4 aliphatic carbocycles. The standard InChI is InChI=1S/C33H32N2O3/c1-34-28-21-4-2-3-18-7-8-19(26(18)21)13-22(28)23-15-33(37)25-14-20-9-10-24(36)30-27(20)32(33,31(38-30)29(23)34)11-12-35(25)16-17-5-6-17/h2-4,9-10,13,17,25,31,36-37H,5-8,11-12,14-16H2,1H3/t25-,31+,32+,33-/m1/s1. The summed E-state index contributed by atoms with van der Waals surface area (Å²) < 4.78 is 9.25. The molecule has 38 heavy (non-hydrogen) atoms. The molecule has 3 aromatic carbocycles. The first-order valence-electron chi connectivity index (χ1n) is 14.5. The van der Waals surface area contributed by atoms with Gasteiger partial charge in [0, 0.05) is 42.4 Å². The molecule has 2 N–H and O–H groups in total. The lowest BCUT2D eigenvalue weighted by atomic mass is 9.49. The van der Waals surface area contributed by atoms with Gasteiger partial charge in [-0.3, -0.25) is 4.90 Å². The third-order valence-corrected chi connectivity index (χ3v) is 11.5. The minimum absolute atomic E-state index is 0.0663. The molecule has 6 aliphatic rings. The fourth-order valence-electron chi connectivity index (χ4n) is 9.81. The maximum atomic E-state index is 13.2. The van der Waals surface area contributed by atoms with E-state index in [-0.39, 0.29) is 17.9 Å². The van der Waals surface area contributed by atoms with Gasteiger partial charge < -0.3 is 19.5 Å². The van der Waals surface area contributed by atoms with Crippen LogP contribution in [0.1, 0.15) is 58.9 Å². The number of aromatic nitrogens is 1. The zero-order chi connectivity index (χ0) is 25.1. The van der Waals surface area contributed by atoms with Crippen LogP contribution in [0.15, 0.2) is 36.4 Å². The summed E-state index contributed by atoms with van der Waals surface area (Å²) in [6.45, 7) is 2.07. The molecular weight excluding hydrogens is 472 g/mol. The van der Waals surface area contributed by atoms with Gasteiger partial charge in [0.1, 0.15) is 0 Å². The van der Waals surface area contributed by atoms with Gasteiger partial charge in [0.15, 0.2) is 17.6 Å². The van der Waals surface area contributed by atoms with Gasteiger partial charge in [-0.2, -0.15) is 0 Å². The number of hydrogen-bond donors (Lipinski definition) is 2. The number of rotatable bonds is 2. The Morgan fingerprint density at radius 1 is 1.05 bits per heavy atom. The average molecular weight is 505 g/mol. The average Bonchev–Trinajstić information content (AvgIpc) is 3.42. The Hall–Kier alpha value is -3.02. The number of phenolic OH excluding ortho intramolecular Hbond substituents is 1. The Morgan fingerprint density at radius 3 is 2.79 bits per heavy atom. The maximum absolute atomic E-state index is 13.2. The first-order chi connectivity index (χ1) is 18.5. The fraction of sp³-hybridized carbons (Fsp3) is 0.455. The summed E-state index contributed by atoms with van der Waals surface area (Å²) >= 11 is 0. The first kappa shape index (κ1) is 20.9. The van der Waals surface area contributed by atoms with Crippen molar-refractivity contribution in [1.29, 1.82) is 0 Å². The van der Waals surface area contributed by atoms with Crippen molar-refractivity contribution in [3.05, 3.63) is 69.9 Å². The molecule has 3 heterocycles. The SMILES string of the molecule is Cn1c2c(c3cc4c5c(cccc5c31)CC4)C[C@@]1(O)[C@H]3Cc4ccc(O)c5c4[C@@]1(CCN3CC1CC1)[C@H]2O5. The molecule has 0 amide bonds. The van der Waals surface area contributed by atoms with E-state index in [0.717, 1.165) is 50.3 Å². The largest absolute Gasteiger partial charge is 0.504 e. The highest BCUT2D eigenvalue weighted by molar-refractivity contribution is 6.11. The van der Waals surface area contributed by atoms with Crippen LogP contribution in [0, 0.1) is 5.92 Å². The lowest BCUT2D eigenvalue weighted by Crippen LogP contribution is -2.74. The van der Waals surface area contributed by atoms with Crippen molar-refractivity contribution in [2.45, 2.75) is 68.1 Å². The first-order valence-corrected chi connectivity index (χ1v) is 14.5. The summed E-state index contributed by atoms with van der Waals surface area (Å²) in [5.74, 6) is 1.61. The van der Waals surface area contributed by atoms with E-state index >= 15 is 0 Å². The van der Waals surface area contributed by atoms with Gasteiger partial charge in [-0.25, -0.2) is 0 Å².